The minimum atomic E-state index is -0.582. The highest BCUT2D eigenvalue weighted by molar-refractivity contribution is 7.99. The molecule has 3 N–H and O–H groups in total. The molecule has 0 saturated heterocycles. The summed E-state index contributed by atoms with van der Waals surface area (Å²) in [6, 6.07) is 17.0. The zero-order valence-electron chi connectivity index (χ0n) is 13.9. The number of para-hydroxylation sites is 2. The van der Waals surface area contributed by atoms with Gasteiger partial charge in [-0.3, -0.25) is 4.79 Å². The number of nitrogens with one attached hydrogen (secondary N) is 1. The Morgan fingerprint density at radius 1 is 1.08 bits per heavy atom. The highest BCUT2D eigenvalue weighted by atomic mass is 35.5. The van der Waals surface area contributed by atoms with Crippen molar-refractivity contribution in [2.45, 2.75) is 34.6 Å². The average Bonchev–Trinajstić information content (AvgIpc) is 3.36. The van der Waals surface area contributed by atoms with E-state index in [0.29, 0.717) is 6.54 Å². The molecule has 0 bridgehead atoms. The summed E-state index contributed by atoms with van der Waals surface area (Å²) in [5.74, 6) is -0.00231. The number of rotatable bonds is 5. The molecule has 0 radical (unpaired) electrons. The zero-order chi connectivity index (χ0) is 16.6. The van der Waals surface area contributed by atoms with E-state index in [1.807, 2.05) is 11.8 Å². The summed E-state index contributed by atoms with van der Waals surface area (Å²) in [5, 5.41) is 2.98. The van der Waals surface area contributed by atoms with Gasteiger partial charge >= 0.3 is 0 Å². The Kier molecular flexibility index (Phi) is 5.27. The maximum Gasteiger partial charge on any atom is 0.240 e. The van der Waals surface area contributed by atoms with Crippen molar-refractivity contribution in [2.24, 2.45) is 5.73 Å². The summed E-state index contributed by atoms with van der Waals surface area (Å²) in [6.07, 6.45) is 2.50. The summed E-state index contributed by atoms with van der Waals surface area (Å²) in [4.78, 5) is 16.8. The van der Waals surface area contributed by atoms with E-state index in [2.05, 4.69) is 58.7 Å². The molecule has 1 fully saturated rings. The molecule has 1 amide bonds. The Hall–Kier alpha value is -1.69. The topological polar surface area (TPSA) is 58.4 Å². The van der Waals surface area contributed by atoms with E-state index in [9.17, 15) is 4.79 Å². The second-order valence-corrected chi connectivity index (χ2v) is 7.54. The number of carbonyl (C=O) groups is 1. The Morgan fingerprint density at radius 3 is 2.20 bits per heavy atom. The molecule has 4 nitrogen and oxygen atoms in total. The van der Waals surface area contributed by atoms with Gasteiger partial charge in [0.25, 0.3) is 0 Å². The quantitative estimate of drug-likeness (QED) is 0.782. The molecule has 0 spiro atoms. The van der Waals surface area contributed by atoms with Crippen LogP contribution in [0.1, 0.15) is 19.3 Å². The Morgan fingerprint density at radius 2 is 1.64 bits per heavy atom. The molecule has 0 atom stereocenters. The van der Waals surface area contributed by atoms with E-state index in [-0.39, 0.29) is 18.3 Å². The van der Waals surface area contributed by atoms with E-state index in [1.54, 1.807) is 0 Å². The van der Waals surface area contributed by atoms with Crippen LogP contribution in [-0.4, -0.2) is 24.5 Å². The minimum absolute atomic E-state index is 0. The molecular formula is C19H22ClN3OS. The lowest BCUT2D eigenvalue weighted by Gasteiger charge is -2.32. The van der Waals surface area contributed by atoms with E-state index in [4.69, 9.17) is 5.73 Å². The maximum atomic E-state index is 11.9. The van der Waals surface area contributed by atoms with E-state index in [0.717, 1.165) is 25.8 Å². The van der Waals surface area contributed by atoms with Crippen molar-refractivity contribution in [1.29, 1.82) is 0 Å². The Labute approximate surface area is 158 Å². The van der Waals surface area contributed by atoms with Crippen molar-refractivity contribution >= 4 is 41.5 Å². The monoisotopic (exact) mass is 375 g/mol. The SMILES string of the molecule is Cl.NC1(C(=O)NCCCN2c3ccccc3Sc3ccccc32)CC1. The Balaban J connectivity index is 0.00000182. The first-order valence-corrected chi connectivity index (χ1v) is 9.20. The fourth-order valence-corrected chi connectivity index (χ4v) is 4.09. The zero-order valence-corrected chi connectivity index (χ0v) is 15.5. The van der Waals surface area contributed by atoms with Crippen LogP contribution in [0.4, 0.5) is 11.4 Å². The van der Waals surface area contributed by atoms with Gasteiger partial charge in [0.05, 0.1) is 16.9 Å². The molecule has 1 aliphatic heterocycles. The third-order valence-corrected chi connectivity index (χ3v) is 5.75. The largest absolute Gasteiger partial charge is 0.354 e. The van der Waals surface area contributed by atoms with Crippen LogP contribution in [0.5, 0.6) is 0 Å². The van der Waals surface area contributed by atoms with Crippen molar-refractivity contribution in [3.63, 3.8) is 0 Å². The lowest BCUT2D eigenvalue weighted by atomic mass is 10.2. The summed E-state index contributed by atoms with van der Waals surface area (Å²) >= 11 is 1.81. The van der Waals surface area contributed by atoms with Crippen molar-refractivity contribution in [3.05, 3.63) is 48.5 Å². The van der Waals surface area contributed by atoms with Crippen LogP contribution in [0.2, 0.25) is 0 Å². The predicted molar refractivity (Wildman–Crippen MR) is 105 cm³/mol. The number of carbonyl (C=O) groups excluding carboxylic acids is 1. The first kappa shape index (κ1) is 18.1. The predicted octanol–water partition coefficient (Wildman–Crippen LogP) is 3.71. The van der Waals surface area contributed by atoms with Crippen LogP contribution in [0, 0.1) is 0 Å². The molecule has 0 unspecified atom stereocenters. The molecule has 1 aliphatic carbocycles. The van der Waals surface area contributed by atoms with Crippen LogP contribution in [-0.2, 0) is 4.79 Å². The number of amides is 1. The van der Waals surface area contributed by atoms with Crippen LogP contribution in [0.15, 0.2) is 58.3 Å². The fourth-order valence-electron chi connectivity index (χ4n) is 3.00. The molecule has 2 aliphatic rings. The van der Waals surface area contributed by atoms with Crippen LogP contribution in [0.3, 0.4) is 0 Å². The van der Waals surface area contributed by atoms with E-state index in [1.165, 1.54) is 21.2 Å². The summed E-state index contributed by atoms with van der Waals surface area (Å²) < 4.78 is 0. The lowest BCUT2D eigenvalue weighted by Crippen LogP contribution is -2.43. The second-order valence-electron chi connectivity index (χ2n) is 6.45. The minimum Gasteiger partial charge on any atom is -0.354 e. The number of anilines is 2. The molecule has 1 heterocycles. The second kappa shape index (κ2) is 7.28. The molecule has 1 saturated carbocycles. The first-order valence-electron chi connectivity index (χ1n) is 8.38. The fraction of sp³-hybridized carbons (Fsp3) is 0.316. The molecular weight excluding hydrogens is 354 g/mol. The highest BCUT2D eigenvalue weighted by Crippen LogP contribution is 2.47. The van der Waals surface area contributed by atoms with Gasteiger partial charge in [-0.1, -0.05) is 36.0 Å². The van der Waals surface area contributed by atoms with Crippen molar-refractivity contribution in [1.82, 2.24) is 5.32 Å². The van der Waals surface area contributed by atoms with Crippen molar-refractivity contribution < 1.29 is 4.79 Å². The number of nitrogens with two attached hydrogens (primary N) is 1. The van der Waals surface area contributed by atoms with Gasteiger partial charge in [-0.15, -0.1) is 12.4 Å². The van der Waals surface area contributed by atoms with Gasteiger partial charge < -0.3 is 16.0 Å². The van der Waals surface area contributed by atoms with Crippen molar-refractivity contribution in [3.8, 4) is 0 Å². The summed E-state index contributed by atoms with van der Waals surface area (Å²) in [7, 11) is 0. The summed E-state index contributed by atoms with van der Waals surface area (Å²) in [6.45, 7) is 1.53. The van der Waals surface area contributed by atoms with Crippen LogP contribution in [0.25, 0.3) is 0 Å². The number of benzene rings is 2. The number of nitrogens with zero attached hydrogens (tertiary/aromatic N) is 1. The third kappa shape index (κ3) is 3.64. The first-order chi connectivity index (χ1) is 11.7. The van der Waals surface area contributed by atoms with Gasteiger partial charge in [0.15, 0.2) is 0 Å². The van der Waals surface area contributed by atoms with Gasteiger partial charge in [-0.2, -0.15) is 0 Å². The summed E-state index contributed by atoms with van der Waals surface area (Å²) in [5.41, 5.74) is 7.82. The van der Waals surface area contributed by atoms with Gasteiger partial charge in [-0.05, 0) is 43.5 Å². The van der Waals surface area contributed by atoms with Crippen LogP contribution < -0.4 is 16.0 Å². The standard InChI is InChI=1S/C19H21N3OS.ClH/c20-19(10-11-19)18(23)21-12-5-13-22-14-6-1-3-8-16(14)24-17-9-4-2-7-15(17)22;/h1-4,6-9H,5,10-13,20H2,(H,21,23);1H. The molecule has 4 rings (SSSR count). The van der Waals surface area contributed by atoms with Gasteiger partial charge in [0, 0.05) is 22.9 Å². The normalized spacial score (nSPS) is 16.3. The molecule has 2 aromatic carbocycles. The maximum absolute atomic E-state index is 11.9. The van der Waals surface area contributed by atoms with Crippen LogP contribution >= 0.6 is 24.2 Å². The molecule has 2 aromatic rings. The number of halogens is 1. The molecule has 132 valence electrons. The van der Waals surface area contributed by atoms with Crippen molar-refractivity contribution in [2.75, 3.05) is 18.0 Å². The Bertz CT molecular complexity index is 733. The molecule has 6 heteroatoms. The lowest BCUT2D eigenvalue weighted by molar-refractivity contribution is -0.123. The number of hydrogen-bond donors (Lipinski definition) is 2. The highest BCUT2D eigenvalue weighted by Gasteiger charge is 2.45. The van der Waals surface area contributed by atoms with Gasteiger partial charge in [0.1, 0.15) is 0 Å². The van der Waals surface area contributed by atoms with Gasteiger partial charge in [0.2, 0.25) is 5.91 Å². The van der Waals surface area contributed by atoms with Gasteiger partial charge in [-0.25, -0.2) is 0 Å². The molecule has 25 heavy (non-hydrogen) atoms. The third-order valence-electron chi connectivity index (χ3n) is 4.62. The van der Waals surface area contributed by atoms with E-state index >= 15 is 0 Å². The molecule has 0 aromatic heterocycles. The smallest absolute Gasteiger partial charge is 0.240 e. The van der Waals surface area contributed by atoms with E-state index < -0.39 is 5.54 Å². The average molecular weight is 376 g/mol. The number of hydrogen-bond acceptors (Lipinski definition) is 4. The number of fused-ring (bicyclic) bond motifs is 2.